The molecule has 0 fully saturated rings. The van der Waals surface area contributed by atoms with Crippen LogP contribution in [0.15, 0.2) is 24.4 Å². The lowest BCUT2D eigenvalue weighted by Crippen LogP contribution is -2.46. The van der Waals surface area contributed by atoms with Gasteiger partial charge in [-0.1, -0.05) is 33.8 Å². The molecule has 114 valence electrons. The van der Waals surface area contributed by atoms with Crippen molar-refractivity contribution in [1.82, 2.24) is 15.2 Å². The molecule has 0 saturated heterocycles. The van der Waals surface area contributed by atoms with Gasteiger partial charge >= 0.3 is 0 Å². The molecule has 1 heterocycles. The smallest absolute Gasteiger partial charge is 0.0543 e. The highest BCUT2D eigenvalue weighted by molar-refractivity contribution is 5.03. The maximum atomic E-state index is 4.43. The molecule has 3 heteroatoms. The van der Waals surface area contributed by atoms with Crippen molar-refractivity contribution in [2.75, 3.05) is 19.6 Å². The fourth-order valence-electron chi connectivity index (χ4n) is 2.35. The normalized spacial score (nSPS) is 13.7. The molecule has 0 saturated carbocycles. The highest BCUT2D eigenvalue weighted by Crippen LogP contribution is 2.23. The summed E-state index contributed by atoms with van der Waals surface area (Å²) in [5.41, 5.74) is 1.40. The van der Waals surface area contributed by atoms with Crippen LogP contribution < -0.4 is 5.32 Å². The van der Waals surface area contributed by atoms with E-state index in [1.807, 2.05) is 12.3 Å². The molecule has 0 aliphatic rings. The van der Waals surface area contributed by atoms with Crippen molar-refractivity contribution < 1.29 is 0 Å². The van der Waals surface area contributed by atoms with Gasteiger partial charge in [-0.15, -0.1) is 0 Å². The first-order valence-electron chi connectivity index (χ1n) is 7.85. The second kappa shape index (κ2) is 8.38. The maximum Gasteiger partial charge on any atom is 0.0543 e. The van der Waals surface area contributed by atoms with E-state index in [4.69, 9.17) is 0 Å². The lowest BCUT2D eigenvalue weighted by molar-refractivity contribution is 0.141. The first-order chi connectivity index (χ1) is 9.49. The van der Waals surface area contributed by atoms with Gasteiger partial charge in [0.05, 0.1) is 5.69 Å². The number of rotatable bonds is 9. The van der Waals surface area contributed by atoms with Crippen LogP contribution in [0.5, 0.6) is 0 Å². The Morgan fingerprint density at radius 2 is 2.05 bits per heavy atom. The van der Waals surface area contributed by atoms with Crippen molar-refractivity contribution in [2.45, 2.75) is 53.6 Å². The Balaban J connectivity index is 2.57. The number of aromatic nitrogens is 1. The van der Waals surface area contributed by atoms with Gasteiger partial charge in [0, 0.05) is 25.3 Å². The van der Waals surface area contributed by atoms with Crippen molar-refractivity contribution in [3.63, 3.8) is 0 Å². The van der Waals surface area contributed by atoms with E-state index in [-0.39, 0.29) is 5.41 Å². The van der Waals surface area contributed by atoms with Gasteiger partial charge in [0.25, 0.3) is 0 Å². The third-order valence-corrected chi connectivity index (χ3v) is 4.06. The summed E-state index contributed by atoms with van der Waals surface area (Å²) in [6.45, 7) is 15.6. The maximum absolute atomic E-state index is 4.43. The van der Waals surface area contributed by atoms with Crippen molar-refractivity contribution >= 4 is 0 Å². The third kappa shape index (κ3) is 5.59. The zero-order valence-corrected chi connectivity index (χ0v) is 13.8. The Morgan fingerprint density at radius 1 is 1.30 bits per heavy atom. The predicted octanol–water partition coefficient (Wildman–Crippen LogP) is 3.32. The minimum Gasteiger partial charge on any atom is -0.314 e. The van der Waals surface area contributed by atoms with E-state index in [0.717, 1.165) is 31.9 Å². The van der Waals surface area contributed by atoms with E-state index in [1.165, 1.54) is 6.42 Å². The van der Waals surface area contributed by atoms with Gasteiger partial charge < -0.3 is 5.32 Å². The second-order valence-electron chi connectivity index (χ2n) is 6.29. The highest BCUT2D eigenvalue weighted by Gasteiger charge is 2.27. The fraction of sp³-hybridized carbons (Fsp3) is 0.706. The molecule has 1 rings (SSSR count). The van der Waals surface area contributed by atoms with Crippen LogP contribution in [0, 0.1) is 5.41 Å². The number of hydrogen-bond acceptors (Lipinski definition) is 3. The first-order valence-corrected chi connectivity index (χ1v) is 7.85. The molecular weight excluding hydrogens is 246 g/mol. The summed E-state index contributed by atoms with van der Waals surface area (Å²) in [5, 5.41) is 3.62. The van der Waals surface area contributed by atoms with E-state index >= 15 is 0 Å². The minimum atomic E-state index is 0.250. The van der Waals surface area contributed by atoms with Gasteiger partial charge in [-0.25, -0.2) is 0 Å². The van der Waals surface area contributed by atoms with E-state index in [1.54, 1.807) is 0 Å². The van der Waals surface area contributed by atoms with Crippen molar-refractivity contribution in [3.8, 4) is 0 Å². The number of hydrogen-bond donors (Lipinski definition) is 1. The summed E-state index contributed by atoms with van der Waals surface area (Å²) in [7, 11) is 0. The number of nitrogens with zero attached hydrogens (tertiary/aromatic N) is 2. The third-order valence-electron chi connectivity index (χ3n) is 4.06. The van der Waals surface area contributed by atoms with E-state index in [2.05, 4.69) is 62.0 Å². The van der Waals surface area contributed by atoms with Crippen LogP contribution in [0.4, 0.5) is 0 Å². The monoisotopic (exact) mass is 277 g/mol. The predicted molar refractivity (Wildman–Crippen MR) is 86.7 cm³/mol. The van der Waals surface area contributed by atoms with Gasteiger partial charge in [-0.05, 0) is 44.0 Å². The fourth-order valence-corrected chi connectivity index (χ4v) is 2.35. The van der Waals surface area contributed by atoms with Crippen LogP contribution in [0.2, 0.25) is 0 Å². The molecule has 0 aliphatic heterocycles. The molecule has 3 nitrogen and oxygen atoms in total. The second-order valence-corrected chi connectivity index (χ2v) is 6.29. The highest BCUT2D eigenvalue weighted by atomic mass is 15.1. The van der Waals surface area contributed by atoms with Crippen molar-refractivity contribution in [2.24, 2.45) is 5.41 Å². The molecule has 0 spiro atoms. The Morgan fingerprint density at radius 3 is 2.60 bits per heavy atom. The van der Waals surface area contributed by atoms with Crippen LogP contribution in [-0.4, -0.2) is 35.6 Å². The molecule has 0 aromatic carbocycles. The zero-order chi connectivity index (χ0) is 15.0. The lowest BCUT2D eigenvalue weighted by atomic mass is 9.84. The van der Waals surface area contributed by atoms with Crippen LogP contribution >= 0.6 is 0 Å². The quantitative estimate of drug-likeness (QED) is 0.750. The summed E-state index contributed by atoms with van der Waals surface area (Å²) in [4.78, 5) is 6.91. The molecule has 0 bridgehead atoms. The zero-order valence-electron chi connectivity index (χ0n) is 13.8. The molecule has 1 atom stereocenters. The summed E-state index contributed by atoms with van der Waals surface area (Å²) in [5.74, 6) is 0. The Labute approximate surface area is 124 Å². The largest absolute Gasteiger partial charge is 0.314 e. The number of nitrogens with one attached hydrogen (secondary N) is 1. The minimum absolute atomic E-state index is 0.250. The van der Waals surface area contributed by atoms with Gasteiger partial charge in [-0.2, -0.15) is 0 Å². The molecule has 1 unspecified atom stereocenters. The molecular formula is C17H31N3. The summed E-state index contributed by atoms with van der Waals surface area (Å²) in [6, 6.07) is 6.65. The average molecular weight is 277 g/mol. The summed E-state index contributed by atoms with van der Waals surface area (Å²) >= 11 is 0. The van der Waals surface area contributed by atoms with Gasteiger partial charge in [0.1, 0.15) is 0 Å². The van der Waals surface area contributed by atoms with Gasteiger partial charge in [-0.3, -0.25) is 9.88 Å². The Hall–Kier alpha value is -0.930. The van der Waals surface area contributed by atoms with E-state index < -0.39 is 0 Å². The van der Waals surface area contributed by atoms with Crippen molar-refractivity contribution in [1.29, 1.82) is 0 Å². The van der Waals surface area contributed by atoms with Crippen LogP contribution in [0.1, 0.15) is 46.7 Å². The number of pyridine rings is 1. The molecule has 0 radical (unpaired) electrons. The molecule has 20 heavy (non-hydrogen) atoms. The molecule has 0 aliphatic carbocycles. The molecule has 1 aromatic heterocycles. The van der Waals surface area contributed by atoms with Crippen LogP contribution in [-0.2, 0) is 6.54 Å². The summed E-state index contributed by atoms with van der Waals surface area (Å²) in [6.07, 6.45) is 3.06. The van der Waals surface area contributed by atoms with Crippen molar-refractivity contribution in [3.05, 3.63) is 30.1 Å². The molecule has 0 amide bonds. The SMILES string of the molecule is CCCNC(C)C(C)(C)CN(CC)Cc1ccccn1. The summed E-state index contributed by atoms with van der Waals surface area (Å²) < 4.78 is 0. The van der Waals surface area contributed by atoms with Gasteiger partial charge in [0.15, 0.2) is 0 Å². The van der Waals surface area contributed by atoms with E-state index in [9.17, 15) is 0 Å². The van der Waals surface area contributed by atoms with Crippen LogP contribution in [0.3, 0.4) is 0 Å². The standard InChI is InChI=1S/C17H31N3/c1-6-11-18-15(3)17(4,5)14-20(7-2)13-16-10-8-9-12-19-16/h8-10,12,15,18H,6-7,11,13-14H2,1-5H3. The Kier molecular flexibility index (Phi) is 7.17. The van der Waals surface area contributed by atoms with Gasteiger partial charge in [0.2, 0.25) is 0 Å². The molecule has 1 aromatic rings. The van der Waals surface area contributed by atoms with E-state index in [0.29, 0.717) is 6.04 Å². The van der Waals surface area contributed by atoms with Crippen LogP contribution in [0.25, 0.3) is 0 Å². The Bertz CT molecular complexity index is 362. The molecule has 1 N–H and O–H groups in total. The average Bonchev–Trinajstić information content (AvgIpc) is 2.44. The first kappa shape index (κ1) is 17.1. The lowest BCUT2D eigenvalue weighted by Gasteiger charge is -2.37. The topological polar surface area (TPSA) is 28.2 Å².